The van der Waals surface area contributed by atoms with Gasteiger partial charge in [-0.2, -0.15) is 5.10 Å². The van der Waals surface area contributed by atoms with E-state index in [4.69, 9.17) is 26.1 Å². The highest BCUT2D eigenvalue weighted by Crippen LogP contribution is 2.43. The molecule has 5 rings (SSSR count). The van der Waals surface area contributed by atoms with Crippen LogP contribution in [0.2, 0.25) is 5.02 Å². The molecule has 2 aromatic carbocycles. The topological polar surface area (TPSA) is 128 Å². The van der Waals surface area contributed by atoms with Gasteiger partial charge in [0.1, 0.15) is 11.3 Å². The standard InChI is InChI=1S/C32H34ClN5O5/c1-38-32(41)23(16-17-35-38)30(40)36-26-12-7-9-21(29(26)42-2)20-8-6-10-22(28(20)33)24-15-14-19(31(37-24)43-3)18-34-25-11-4-5-13-27(25)39/h6-10,12,14-17,25,27,34,39H,4-5,11,13,18H2,1-3H3,(H,36,40). The van der Waals surface area contributed by atoms with Gasteiger partial charge < -0.3 is 25.2 Å². The number of benzene rings is 2. The summed E-state index contributed by atoms with van der Waals surface area (Å²) in [6.45, 7) is 0.521. The van der Waals surface area contributed by atoms with E-state index in [-0.39, 0.29) is 17.7 Å². The van der Waals surface area contributed by atoms with Crippen LogP contribution in [-0.4, -0.2) is 52.1 Å². The smallest absolute Gasteiger partial charge is 0.279 e. The molecular formula is C32H34ClN5O5. The van der Waals surface area contributed by atoms with Crippen LogP contribution in [0.25, 0.3) is 22.4 Å². The van der Waals surface area contributed by atoms with E-state index in [1.165, 1.54) is 26.4 Å². The Labute approximate surface area is 254 Å². The van der Waals surface area contributed by atoms with Gasteiger partial charge >= 0.3 is 0 Å². The van der Waals surface area contributed by atoms with Crippen molar-refractivity contribution in [1.29, 1.82) is 0 Å². The summed E-state index contributed by atoms with van der Waals surface area (Å²) in [5.74, 6) is 0.279. The molecule has 2 aromatic heterocycles. The lowest BCUT2D eigenvalue weighted by atomic mass is 9.92. The third kappa shape index (κ3) is 6.41. The van der Waals surface area contributed by atoms with E-state index in [1.807, 2.05) is 36.4 Å². The molecular weight excluding hydrogens is 570 g/mol. The average molecular weight is 604 g/mol. The van der Waals surface area contributed by atoms with E-state index in [2.05, 4.69) is 15.7 Å². The molecule has 0 radical (unpaired) electrons. The summed E-state index contributed by atoms with van der Waals surface area (Å²) in [6.07, 6.45) is 4.95. The zero-order chi connectivity index (χ0) is 30.5. The first-order chi connectivity index (χ1) is 20.8. The number of amides is 1. The van der Waals surface area contributed by atoms with Gasteiger partial charge in [0.05, 0.1) is 36.7 Å². The number of halogens is 1. The number of hydrogen-bond acceptors (Lipinski definition) is 8. The fraction of sp³-hybridized carbons (Fsp3) is 0.312. The van der Waals surface area contributed by atoms with Gasteiger partial charge in [0, 0.05) is 48.1 Å². The number of aliphatic hydroxyl groups excluding tert-OH is 1. The minimum atomic E-state index is -0.581. The molecule has 224 valence electrons. The largest absolute Gasteiger partial charge is 0.494 e. The number of carbonyl (C=O) groups excluding carboxylic acids is 1. The van der Waals surface area contributed by atoms with Crippen LogP contribution < -0.4 is 25.7 Å². The molecule has 3 N–H and O–H groups in total. The molecule has 11 heteroatoms. The molecule has 2 heterocycles. The number of nitrogens with one attached hydrogen (secondary N) is 2. The van der Waals surface area contributed by atoms with Crippen LogP contribution in [-0.2, 0) is 13.6 Å². The van der Waals surface area contributed by atoms with Crippen LogP contribution in [0.1, 0.15) is 41.6 Å². The number of nitrogens with zero attached hydrogens (tertiary/aromatic N) is 3. The molecule has 1 amide bonds. The summed E-state index contributed by atoms with van der Waals surface area (Å²) in [6, 6.07) is 16.2. The minimum Gasteiger partial charge on any atom is -0.494 e. The molecule has 0 aliphatic heterocycles. The lowest BCUT2D eigenvalue weighted by molar-refractivity contribution is 0.0901. The fourth-order valence-corrected chi connectivity index (χ4v) is 5.72. The third-order valence-corrected chi connectivity index (χ3v) is 8.11. The summed E-state index contributed by atoms with van der Waals surface area (Å²) in [4.78, 5) is 30.1. The molecule has 1 aliphatic carbocycles. The highest BCUT2D eigenvalue weighted by atomic mass is 35.5. The highest BCUT2D eigenvalue weighted by Gasteiger charge is 2.23. The van der Waals surface area contributed by atoms with Crippen molar-refractivity contribution in [2.24, 2.45) is 7.05 Å². The SMILES string of the molecule is COc1nc(-c2cccc(-c3cccc(NC(=O)c4ccnn(C)c4=O)c3OC)c2Cl)ccc1CNC1CCCCC1O. The molecule has 2 unspecified atom stereocenters. The number of aliphatic hydroxyl groups is 1. The fourth-order valence-electron chi connectivity index (χ4n) is 5.39. The molecule has 1 fully saturated rings. The third-order valence-electron chi connectivity index (χ3n) is 7.70. The van der Waals surface area contributed by atoms with Crippen LogP contribution in [0.3, 0.4) is 0 Å². The number of rotatable bonds is 9. The lowest BCUT2D eigenvalue weighted by Gasteiger charge is -2.28. The van der Waals surface area contributed by atoms with Crippen molar-refractivity contribution in [2.75, 3.05) is 19.5 Å². The Bertz CT molecular complexity index is 1690. The number of aryl methyl sites for hydroxylation is 1. The van der Waals surface area contributed by atoms with E-state index in [1.54, 1.807) is 19.2 Å². The van der Waals surface area contributed by atoms with Crippen molar-refractivity contribution in [3.05, 3.63) is 87.3 Å². The van der Waals surface area contributed by atoms with Crippen LogP contribution in [0.15, 0.2) is 65.6 Å². The van der Waals surface area contributed by atoms with E-state index in [0.29, 0.717) is 51.3 Å². The zero-order valence-electron chi connectivity index (χ0n) is 24.3. The van der Waals surface area contributed by atoms with Crippen molar-refractivity contribution in [1.82, 2.24) is 20.1 Å². The Morgan fingerprint density at radius 2 is 1.77 bits per heavy atom. The van der Waals surface area contributed by atoms with Crippen molar-refractivity contribution in [3.63, 3.8) is 0 Å². The van der Waals surface area contributed by atoms with Gasteiger partial charge in [0.2, 0.25) is 5.88 Å². The number of ether oxygens (including phenoxy) is 2. The van der Waals surface area contributed by atoms with E-state index < -0.39 is 11.5 Å². The van der Waals surface area contributed by atoms with Gasteiger partial charge in [0.25, 0.3) is 11.5 Å². The maximum Gasteiger partial charge on any atom is 0.279 e. The summed E-state index contributed by atoms with van der Waals surface area (Å²) >= 11 is 7.00. The summed E-state index contributed by atoms with van der Waals surface area (Å²) < 4.78 is 12.5. The first kappa shape index (κ1) is 30.2. The van der Waals surface area contributed by atoms with Crippen LogP contribution in [0.5, 0.6) is 11.6 Å². The Hall–Kier alpha value is -4.25. The van der Waals surface area contributed by atoms with Gasteiger partial charge in [-0.25, -0.2) is 9.67 Å². The zero-order valence-corrected chi connectivity index (χ0v) is 25.0. The van der Waals surface area contributed by atoms with Crippen molar-refractivity contribution >= 4 is 23.2 Å². The highest BCUT2D eigenvalue weighted by molar-refractivity contribution is 6.36. The predicted octanol–water partition coefficient (Wildman–Crippen LogP) is 4.83. The summed E-state index contributed by atoms with van der Waals surface area (Å²) in [5.41, 5.74) is 3.34. The Balaban J connectivity index is 1.44. The number of anilines is 1. The molecule has 4 aromatic rings. The molecule has 2 atom stereocenters. The number of methoxy groups -OCH3 is 2. The molecule has 43 heavy (non-hydrogen) atoms. The van der Waals surface area contributed by atoms with Gasteiger partial charge in [0.15, 0.2) is 0 Å². The van der Waals surface area contributed by atoms with E-state index in [9.17, 15) is 14.7 Å². The Kier molecular flexibility index (Phi) is 9.40. The minimum absolute atomic E-state index is 0.0430. The number of pyridine rings is 1. The monoisotopic (exact) mass is 603 g/mol. The number of aromatic nitrogens is 3. The summed E-state index contributed by atoms with van der Waals surface area (Å²) in [7, 11) is 4.56. The molecule has 10 nitrogen and oxygen atoms in total. The predicted molar refractivity (Wildman–Crippen MR) is 166 cm³/mol. The molecule has 0 bridgehead atoms. The molecule has 0 saturated heterocycles. The van der Waals surface area contributed by atoms with Crippen LogP contribution in [0, 0.1) is 0 Å². The number of para-hydroxylation sites is 1. The molecule has 1 aliphatic rings. The van der Waals surface area contributed by atoms with Crippen molar-refractivity contribution in [3.8, 4) is 34.0 Å². The quantitative estimate of drug-likeness (QED) is 0.248. The second-order valence-corrected chi connectivity index (χ2v) is 10.8. The van der Waals surface area contributed by atoms with Gasteiger partial charge in [-0.15, -0.1) is 0 Å². The normalized spacial score (nSPS) is 16.5. The van der Waals surface area contributed by atoms with Crippen LogP contribution >= 0.6 is 11.6 Å². The van der Waals surface area contributed by atoms with Gasteiger partial charge in [-0.1, -0.05) is 60.8 Å². The number of hydrogen-bond donors (Lipinski definition) is 3. The first-order valence-corrected chi connectivity index (χ1v) is 14.5. The second kappa shape index (κ2) is 13.4. The first-order valence-electron chi connectivity index (χ1n) is 14.1. The van der Waals surface area contributed by atoms with E-state index in [0.717, 1.165) is 35.9 Å². The maximum atomic E-state index is 13.0. The second-order valence-electron chi connectivity index (χ2n) is 10.4. The van der Waals surface area contributed by atoms with Crippen LogP contribution in [0.4, 0.5) is 5.69 Å². The van der Waals surface area contributed by atoms with E-state index >= 15 is 0 Å². The molecule has 0 spiro atoms. The van der Waals surface area contributed by atoms with Crippen molar-refractivity contribution in [2.45, 2.75) is 44.4 Å². The average Bonchev–Trinajstić information content (AvgIpc) is 3.02. The number of carbonyl (C=O) groups is 1. The van der Waals surface area contributed by atoms with Gasteiger partial charge in [-0.05, 0) is 31.0 Å². The maximum absolute atomic E-state index is 13.0. The Morgan fingerprint density at radius 1 is 1.02 bits per heavy atom. The van der Waals surface area contributed by atoms with Crippen molar-refractivity contribution < 1.29 is 19.4 Å². The Morgan fingerprint density at radius 3 is 2.53 bits per heavy atom. The lowest BCUT2D eigenvalue weighted by Crippen LogP contribution is -2.41. The van der Waals surface area contributed by atoms with Gasteiger partial charge in [-0.3, -0.25) is 9.59 Å². The summed E-state index contributed by atoms with van der Waals surface area (Å²) in [5, 5.41) is 20.9. The molecule has 1 saturated carbocycles.